The fourth-order valence-corrected chi connectivity index (χ4v) is 2.89. The van der Waals surface area contributed by atoms with Crippen molar-refractivity contribution in [2.75, 3.05) is 13.7 Å². The molecule has 9 heteroatoms. The molecule has 0 radical (unpaired) electrons. The van der Waals surface area contributed by atoms with Crippen molar-refractivity contribution >= 4 is 21.7 Å². The molecule has 0 aliphatic rings. The minimum Gasteiger partial charge on any atom is -0.493 e. The molecule has 0 unspecified atom stereocenters. The van der Waals surface area contributed by atoms with Gasteiger partial charge in [0.1, 0.15) is 0 Å². The Kier molecular flexibility index (Phi) is 6.31. The molecule has 2 aromatic carbocycles. The quantitative estimate of drug-likeness (QED) is 0.529. The Labute approximate surface area is 151 Å². The largest absolute Gasteiger partial charge is 0.493 e. The number of hydrogen-bond acceptors (Lipinski definition) is 6. The first kappa shape index (κ1) is 19.4. The van der Waals surface area contributed by atoms with Crippen LogP contribution in [0.2, 0.25) is 0 Å². The van der Waals surface area contributed by atoms with Gasteiger partial charge < -0.3 is 9.47 Å². The fraction of sp³-hybridized carbons (Fsp3) is 0.176. The molecule has 0 saturated carbocycles. The summed E-state index contributed by atoms with van der Waals surface area (Å²) < 4.78 is 34.8. The summed E-state index contributed by atoms with van der Waals surface area (Å²) in [5.74, 6) is -0.178. The van der Waals surface area contributed by atoms with E-state index in [2.05, 4.69) is 5.43 Å². The molecule has 2 aromatic rings. The topological polar surface area (TPSA) is 111 Å². The molecule has 0 aromatic heterocycles. The predicted molar refractivity (Wildman–Crippen MR) is 93.4 cm³/mol. The van der Waals surface area contributed by atoms with Crippen molar-refractivity contribution in [2.45, 2.75) is 11.8 Å². The van der Waals surface area contributed by atoms with Crippen LogP contribution in [0.5, 0.6) is 11.5 Å². The van der Waals surface area contributed by atoms with Gasteiger partial charge in [0, 0.05) is 5.56 Å². The standard InChI is InChI=1S/C17H18N2O6S/c1-12(20)13-6-5-7-14(10-13)26(22,23)19-18-17(21)11-25-16-9-4-3-8-15(16)24-2/h3-10,19H,11H2,1-2H3,(H,18,21). The maximum Gasteiger partial charge on any atom is 0.272 e. The van der Waals surface area contributed by atoms with Crippen molar-refractivity contribution in [3.8, 4) is 11.5 Å². The van der Waals surface area contributed by atoms with Gasteiger partial charge in [-0.1, -0.05) is 24.3 Å². The first-order valence-corrected chi connectivity index (χ1v) is 8.99. The van der Waals surface area contributed by atoms with Crippen molar-refractivity contribution in [1.82, 2.24) is 10.3 Å². The average Bonchev–Trinajstić information content (AvgIpc) is 2.65. The zero-order valence-corrected chi connectivity index (χ0v) is 15.0. The van der Waals surface area contributed by atoms with Gasteiger partial charge in [0.2, 0.25) is 0 Å². The summed E-state index contributed by atoms with van der Waals surface area (Å²) in [4.78, 5) is 25.0. The Hall–Kier alpha value is -2.91. The molecule has 138 valence electrons. The Morgan fingerprint density at radius 2 is 1.73 bits per heavy atom. The van der Waals surface area contributed by atoms with Gasteiger partial charge in [-0.3, -0.25) is 15.0 Å². The highest BCUT2D eigenvalue weighted by molar-refractivity contribution is 7.89. The predicted octanol–water partition coefficient (Wildman–Crippen LogP) is 1.29. The first-order chi connectivity index (χ1) is 12.3. The van der Waals surface area contributed by atoms with Gasteiger partial charge in [-0.15, -0.1) is 4.83 Å². The summed E-state index contributed by atoms with van der Waals surface area (Å²) in [5.41, 5.74) is 2.30. The van der Waals surface area contributed by atoms with E-state index >= 15 is 0 Å². The third-order valence-electron chi connectivity index (χ3n) is 3.30. The van der Waals surface area contributed by atoms with Crippen LogP contribution in [0.15, 0.2) is 53.4 Å². The number of Topliss-reactive ketones (excluding diaryl/α,β-unsaturated/α-hetero) is 1. The molecule has 0 saturated heterocycles. The van der Waals surface area contributed by atoms with E-state index in [1.807, 2.05) is 4.83 Å². The van der Waals surface area contributed by atoms with Crippen molar-refractivity contribution in [2.24, 2.45) is 0 Å². The van der Waals surface area contributed by atoms with E-state index in [0.717, 1.165) is 0 Å². The summed E-state index contributed by atoms with van der Waals surface area (Å²) in [6, 6.07) is 12.2. The number of carbonyl (C=O) groups is 2. The Morgan fingerprint density at radius 1 is 1.04 bits per heavy atom. The number of amides is 1. The highest BCUT2D eigenvalue weighted by Gasteiger charge is 2.16. The number of benzene rings is 2. The number of rotatable bonds is 8. The molecule has 0 heterocycles. The van der Waals surface area contributed by atoms with E-state index in [9.17, 15) is 18.0 Å². The lowest BCUT2D eigenvalue weighted by Crippen LogP contribution is -2.43. The Bertz CT molecular complexity index is 911. The zero-order chi connectivity index (χ0) is 19.2. The van der Waals surface area contributed by atoms with Crippen molar-refractivity contribution in [3.63, 3.8) is 0 Å². The third-order valence-corrected chi connectivity index (χ3v) is 4.55. The summed E-state index contributed by atoms with van der Waals surface area (Å²) >= 11 is 0. The SMILES string of the molecule is COc1ccccc1OCC(=O)NNS(=O)(=O)c1cccc(C(C)=O)c1. The van der Waals surface area contributed by atoms with Crippen LogP contribution in [-0.4, -0.2) is 33.8 Å². The van der Waals surface area contributed by atoms with Crippen LogP contribution in [0.3, 0.4) is 0 Å². The van der Waals surface area contributed by atoms with Gasteiger partial charge >= 0.3 is 0 Å². The highest BCUT2D eigenvalue weighted by Crippen LogP contribution is 2.25. The van der Waals surface area contributed by atoms with E-state index in [1.165, 1.54) is 38.3 Å². The smallest absolute Gasteiger partial charge is 0.272 e. The second-order valence-electron chi connectivity index (χ2n) is 5.18. The second-order valence-corrected chi connectivity index (χ2v) is 6.86. The van der Waals surface area contributed by atoms with Crippen LogP contribution in [0.25, 0.3) is 0 Å². The molecule has 0 aliphatic carbocycles. The molecular formula is C17H18N2O6S. The number of hydrogen-bond donors (Lipinski definition) is 2. The summed E-state index contributed by atoms with van der Waals surface area (Å²) in [7, 11) is -2.56. The van der Waals surface area contributed by atoms with Gasteiger partial charge in [-0.2, -0.15) is 0 Å². The number of hydrazine groups is 1. The summed E-state index contributed by atoms with van der Waals surface area (Å²) in [5, 5.41) is 0. The lowest BCUT2D eigenvalue weighted by atomic mass is 10.2. The van der Waals surface area contributed by atoms with Crippen LogP contribution >= 0.6 is 0 Å². The van der Waals surface area contributed by atoms with Crippen LogP contribution in [0.4, 0.5) is 0 Å². The van der Waals surface area contributed by atoms with Crippen LogP contribution in [-0.2, 0) is 14.8 Å². The Balaban J connectivity index is 1.95. The second kappa shape index (κ2) is 8.45. The molecule has 2 N–H and O–H groups in total. The molecule has 2 rings (SSSR count). The molecule has 0 atom stereocenters. The maximum absolute atomic E-state index is 12.2. The number of sulfonamides is 1. The van der Waals surface area contributed by atoms with E-state index in [4.69, 9.17) is 9.47 Å². The van der Waals surface area contributed by atoms with Gasteiger partial charge in [-0.25, -0.2) is 8.42 Å². The van der Waals surface area contributed by atoms with Crippen LogP contribution < -0.4 is 19.7 Å². The minimum absolute atomic E-state index is 0.142. The van der Waals surface area contributed by atoms with Crippen LogP contribution in [0.1, 0.15) is 17.3 Å². The molecule has 1 amide bonds. The molecule has 8 nitrogen and oxygen atoms in total. The van der Waals surface area contributed by atoms with Gasteiger partial charge in [-0.05, 0) is 31.2 Å². The number of methoxy groups -OCH3 is 1. The average molecular weight is 378 g/mol. The van der Waals surface area contributed by atoms with E-state index < -0.39 is 22.5 Å². The Morgan fingerprint density at radius 3 is 2.38 bits per heavy atom. The highest BCUT2D eigenvalue weighted by atomic mass is 32.2. The summed E-state index contributed by atoms with van der Waals surface area (Å²) in [6.07, 6.45) is 0. The van der Waals surface area contributed by atoms with Crippen LogP contribution in [0, 0.1) is 0 Å². The van der Waals surface area contributed by atoms with Crippen molar-refractivity contribution in [3.05, 3.63) is 54.1 Å². The lowest BCUT2D eigenvalue weighted by Gasteiger charge is -2.11. The monoisotopic (exact) mass is 378 g/mol. The molecular weight excluding hydrogens is 360 g/mol. The number of ether oxygens (including phenoxy) is 2. The number of nitrogens with one attached hydrogen (secondary N) is 2. The van der Waals surface area contributed by atoms with Crippen molar-refractivity contribution < 1.29 is 27.5 Å². The van der Waals surface area contributed by atoms with Gasteiger partial charge in [0.05, 0.1) is 12.0 Å². The van der Waals surface area contributed by atoms with Crippen molar-refractivity contribution in [1.29, 1.82) is 0 Å². The number of para-hydroxylation sites is 2. The minimum atomic E-state index is -4.02. The maximum atomic E-state index is 12.2. The first-order valence-electron chi connectivity index (χ1n) is 7.51. The normalized spacial score (nSPS) is 10.8. The number of carbonyl (C=O) groups excluding carboxylic acids is 2. The van der Waals surface area contributed by atoms with Gasteiger partial charge in [0.25, 0.3) is 15.9 Å². The number of ketones is 1. The lowest BCUT2D eigenvalue weighted by molar-refractivity contribution is -0.123. The summed E-state index contributed by atoms with van der Waals surface area (Å²) in [6.45, 7) is 0.909. The molecule has 0 bridgehead atoms. The third kappa shape index (κ3) is 5.04. The van der Waals surface area contributed by atoms with E-state index in [0.29, 0.717) is 11.5 Å². The van der Waals surface area contributed by atoms with Gasteiger partial charge in [0.15, 0.2) is 23.9 Å². The van der Waals surface area contributed by atoms with E-state index in [-0.39, 0.29) is 16.2 Å². The fourth-order valence-electron chi connectivity index (χ4n) is 1.98. The molecule has 0 aliphatic heterocycles. The molecule has 0 spiro atoms. The van der Waals surface area contributed by atoms with E-state index in [1.54, 1.807) is 24.3 Å². The molecule has 0 fully saturated rings. The molecule has 26 heavy (non-hydrogen) atoms. The zero-order valence-electron chi connectivity index (χ0n) is 14.2.